The van der Waals surface area contributed by atoms with Crippen LogP contribution in [0, 0.1) is 24.0 Å². The Morgan fingerprint density at radius 1 is 1.14 bits per heavy atom. The Labute approximate surface area is 161 Å². The lowest BCUT2D eigenvalue weighted by Crippen LogP contribution is -2.10. The highest BCUT2D eigenvalue weighted by Gasteiger charge is 2.16. The minimum Gasteiger partial charge on any atom is -0.326 e. The van der Waals surface area contributed by atoms with Crippen LogP contribution in [0.4, 0.5) is 8.78 Å². The molecule has 6 heteroatoms. The van der Waals surface area contributed by atoms with Crippen molar-refractivity contribution >= 4 is 11.0 Å². The zero-order valence-electron chi connectivity index (χ0n) is 15.4. The van der Waals surface area contributed by atoms with Gasteiger partial charge in [-0.05, 0) is 42.8 Å². The van der Waals surface area contributed by atoms with Crippen molar-refractivity contribution in [2.45, 2.75) is 26.4 Å². The van der Waals surface area contributed by atoms with Gasteiger partial charge in [0.25, 0.3) is 0 Å². The number of rotatable bonds is 5. The van der Waals surface area contributed by atoms with Crippen LogP contribution in [-0.2, 0) is 13.1 Å². The number of aryl methyl sites for hydroxylation is 1. The molecule has 0 N–H and O–H groups in total. The first-order chi connectivity index (χ1) is 13.6. The molecule has 0 saturated carbocycles. The van der Waals surface area contributed by atoms with Crippen LogP contribution in [0.2, 0.25) is 0 Å². The first kappa shape index (κ1) is 17.9. The lowest BCUT2D eigenvalue weighted by Gasteiger charge is -2.11. The number of halogens is 2. The Morgan fingerprint density at radius 3 is 2.79 bits per heavy atom. The number of nitrogens with zero attached hydrogens (tertiary/aromatic N) is 4. The van der Waals surface area contributed by atoms with Crippen molar-refractivity contribution in [2.75, 3.05) is 0 Å². The topological polar surface area (TPSA) is 35.6 Å². The standard InChI is InChI=1S/C22H18F2N4/c1-3-10-28-20-8-5-15(4-2)12-19(20)26-21(28)14-27-11-9-25-22(27)17-13-16(23)6-7-18(17)24/h2,5-9,11-13H,3,10,14H2,1H3. The summed E-state index contributed by atoms with van der Waals surface area (Å²) in [5.74, 6) is 2.76. The predicted octanol–water partition coefficient (Wildman–Crippen LogP) is 4.62. The van der Waals surface area contributed by atoms with Gasteiger partial charge in [0.2, 0.25) is 0 Å². The van der Waals surface area contributed by atoms with Crippen molar-refractivity contribution in [1.29, 1.82) is 0 Å². The third-order valence-electron chi connectivity index (χ3n) is 4.64. The maximum Gasteiger partial charge on any atom is 0.143 e. The van der Waals surface area contributed by atoms with Crippen LogP contribution >= 0.6 is 0 Å². The molecule has 0 amide bonds. The van der Waals surface area contributed by atoms with Gasteiger partial charge in [-0.15, -0.1) is 6.42 Å². The van der Waals surface area contributed by atoms with E-state index in [0.717, 1.165) is 53.6 Å². The number of fused-ring (bicyclic) bond motifs is 1. The third kappa shape index (κ3) is 3.16. The average Bonchev–Trinajstić information content (AvgIpc) is 3.28. The minimum absolute atomic E-state index is 0.123. The lowest BCUT2D eigenvalue weighted by molar-refractivity contribution is 0.598. The van der Waals surface area contributed by atoms with Gasteiger partial charge in [-0.1, -0.05) is 12.8 Å². The van der Waals surface area contributed by atoms with E-state index in [1.165, 1.54) is 0 Å². The number of hydrogen-bond donors (Lipinski definition) is 0. The van der Waals surface area contributed by atoms with Gasteiger partial charge < -0.3 is 9.13 Å². The van der Waals surface area contributed by atoms with Gasteiger partial charge in [0.1, 0.15) is 23.3 Å². The van der Waals surface area contributed by atoms with E-state index in [1.54, 1.807) is 17.0 Å². The summed E-state index contributed by atoms with van der Waals surface area (Å²) >= 11 is 0. The summed E-state index contributed by atoms with van der Waals surface area (Å²) in [5, 5.41) is 0. The highest BCUT2D eigenvalue weighted by atomic mass is 19.1. The molecule has 140 valence electrons. The molecule has 0 aliphatic heterocycles. The van der Waals surface area contributed by atoms with Gasteiger partial charge in [0, 0.05) is 24.5 Å². The van der Waals surface area contributed by atoms with E-state index in [4.69, 9.17) is 11.4 Å². The fourth-order valence-corrected chi connectivity index (χ4v) is 3.37. The first-order valence-electron chi connectivity index (χ1n) is 9.03. The third-order valence-corrected chi connectivity index (χ3v) is 4.64. The van der Waals surface area contributed by atoms with Crippen LogP contribution in [0.1, 0.15) is 24.7 Å². The monoisotopic (exact) mass is 376 g/mol. The molecule has 0 aliphatic carbocycles. The minimum atomic E-state index is -0.519. The van der Waals surface area contributed by atoms with Crippen LogP contribution in [-0.4, -0.2) is 19.1 Å². The van der Waals surface area contributed by atoms with Crippen LogP contribution in [0.5, 0.6) is 0 Å². The molecular formula is C22H18F2N4. The Bertz CT molecular complexity index is 1200. The van der Waals surface area contributed by atoms with Crippen LogP contribution in [0.25, 0.3) is 22.4 Å². The Kier molecular flexibility index (Phi) is 4.66. The molecule has 4 nitrogen and oxygen atoms in total. The quantitative estimate of drug-likeness (QED) is 0.477. The van der Waals surface area contributed by atoms with Crippen molar-refractivity contribution in [3.05, 3.63) is 71.8 Å². The highest BCUT2D eigenvalue weighted by molar-refractivity contribution is 5.78. The molecule has 2 heterocycles. The zero-order valence-corrected chi connectivity index (χ0v) is 15.4. The van der Waals surface area contributed by atoms with Crippen LogP contribution in [0.15, 0.2) is 48.8 Å². The molecule has 0 spiro atoms. The van der Waals surface area contributed by atoms with E-state index in [2.05, 4.69) is 22.4 Å². The second kappa shape index (κ2) is 7.28. The molecule has 0 atom stereocenters. The molecule has 0 radical (unpaired) electrons. The van der Waals surface area contributed by atoms with E-state index >= 15 is 0 Å². The second-order valence-corrected chi connectivity index (χ2v) is 6.53. The number of benzene rings is 2. The molecule has 4 rings (SSSR count). The molecule has 0 unspecified atom stereocenters. The van der Waals surface area contributed by atoms with E-state index in [-0.39, 0.29) is 5.56 Å². The van der Waals surface area contributed by atoms with Crippen LogP contribution < -0.4 is 0 Å². The van der Waals surface area contributed by atoms with Gasteiger partial charge in [-0.3, -0.25) is 0 Å². The molecule has 2 aromatic heterocycles. The Balaban J connectivity index is 1.79. The molecule has 2 aromatic carbocycles. The average molecular weight is 376 g/mol. The zero-order chi connectivity index (χ0) is 19.7. The van der Waals surface area contributed by atoms with Crippen molar-refractivity contribution in [3.8, 4) is 23.7 Å². The van der Waals surface area contributed by atoms with E-state index in [0.29, 0.717) is 12.4 Å². The summed E-state index contributed by atoms with van der Waals surface area (Å²) < 4.78 is 31.8. The fourth-order valence-electron chi connectivity index (χ4n) is 3.37. The van der Waals surface area contributed by atoms with E-state index in [9.17, 15) is 8.78 Å². The summed E-state index contributed by atoms with van der Waals surface area (Å²) in [7, 11) is 0. The van der Waals surface area contributed by atoms with Gasteiger partial charge >= 0.3 is 0 Å². The molecule has 0 saturated heterocycles. The number of terminal acetylenes is 1. The maximum atomic E-state index is 14.2. The second-order valence-electron chi connectivity index (χ2n) is 6.53. The van der Waals surface area contributed by atoms with Crippen molar-refractivity contribution in [3.63, 3.8) is 0 Å². The Morgan fingerprint density at radius 2 is 2.00 bits per heavy atom. The molecular weight excluding hydrogens is 358 g/mol. The summed E-state index contributed by atoms with van der Waals surface area (Å²) in [6, 6.07) is 9.10. The van der Waals surface area contributed by atoms with Gasteiger partial charge in [-0.2, -0.15) is 0 Å². The molecule has 0 aliphatic rings. The molecule has 0 fully saturated rings. The van der Waals surface area contributed by atoms with E-state index in [1.807, 2.05) is 18.2 Å². The van der Waals surface area contributed by atoms with Crippen molar-refractivity contribution < 1.29 is 8.78 Å². The number of aromatic nitrogens is 4. The molecule has 28 heavy (non-hydrogen) atoms. The summed E-state index contributed by atoms with van der Waals surface area (Å²) in [6.45, 7) is 3.27. The molecule has 0 bridgehead atoms. The van der Waals surface area contributed by atoms with Gasteiger partial charge in [-0.25, -0.2) is 18.7 Å². The summed E-state index contributed by atoms with van der Waals surface area (Å²) in [4.78, 5) is 8.97. The largest absolute Gasteiger partial charge is 0.326 e. The normalized spacial score (nSPS) is 11.1. The van der Waals surface area contributed by atoms with Crippen molar-refractivity contribution in [2.24, 2.45) is 0 Å². The lowest BCUT2D eigenvalue weighted by atomic mass is 10.2. The Hall–Kier alpha value is -3.46. The first-order valence-corrected chi connectivity index (χ1v) is 9.03. The number of hydrogen-bond acceptors (Lipinski definition) is 2. The van der Waals surface area contributed by atoms with Crippen LogP contribution in [0.3, 0.4) is 0 Å². The SMILES string of the molecule is C#Cc1ccc2c(c1)nc(Cn1ccnc1-c1cc(F)ccc1F)n2CCC. The maximum absolute atomic E-state index is 14.2. The smallest absolute Gasteiger partial charge is 0.143 e. The fraction of sp³-hybridized carbons (Fsp3) is 0.182. The highest BCUT2D eigenvalue weighted by Crippen LogP contribution is 2.24. The summed E-state index contributed by atoms with van der Waals surface area (Å²) in [5.41, 5.74) is 2.70. The molecule has 4 aromatic rings. The van der Waals surface area contributed by atoms with Gasteiger partial charge in [0.15, 0.2) is 0 Å². The van der Waals surface area contributed by atoms with E-state index < -0.39 is 11.6 Å². The summed E-state index contributed by atoms with van der Waals surface area (Å²) in [6.07, 6.45) is 9.75. The van der Waals surface area contributed by atoms with Gasteiger partial charge in [0.05, 0.1) is 23.1 Å². The number of imidazole rings is 2. The van der Waals surface area contributed by atoms with Crippen molar-refractivity contribution in [1.82, 2.24) is 19.1 Å². The predicted molar refractivity (Wildman–Crippen MR) is 105 cm³/mol.